The van der Waals surface area contributed by atoms with Gasteiger partial charge in [0, 0.05) is 35.4 Å². The van der Waals surface area contributed by atoms with E-state index in [0.29, 0.717) is 18.0 Å². The Kier molecular flexibility index (Phi) is 3.96. The zero-order valence-corrected chi connectivity index (χ0v) is 16.8. The normalized spacial score (nSPS) is 23.8. The van der Waals surface area contributed by atoms with Gasteiger partial charge in [0.15, 0.2) is 0 Å². The van der Waals surface area contributed by atoms with Crippen LogP contribution in [-0.2, 0) is 0 Å². The molecule has 2 bridgehead atoms. The topological polar surface area (TPSA) is 54.2 Å². The van der Waals surface area contributed by atoms with Crippen LogP contribution < -0.4 is 4.90 Å². The van der Waals surface area contributed by atoms with Gasteiger partial charge in [-0.15, -0.1) is 11.3 Å². The summed E-state index contributed by atoms with van der Waals surface area (Å²) in [5, 5.41) is 13.7. The van der Waals surface area contributed by atoms with Crippen molar-refractivity contribution in [1.29, 1.82) is 0 Å². The summed E-state index contributed by atoms with van der Waals surface area (Å²) in [5.74, 6) is 1.74. The first kappa shape index (κ1) is 17.2. The second-order valence-corrected chi connectivity index (χ2v) is 8.91. The first-order valence-electron chi connectivity index (χ1n) is 10.2. The van der Waals surface area contributed by atoms with Gasteiger partial charge in [-0.05, 0) is 43.4 Å². The summed E-state index contributed by atoms with van der Waals surface area (Å²) in [4.78, 5) is 13.5. The summed E-state index contributed by atoms with van der Waals surface area (Å²) in [6, 6.07) is 15.2. The van der Waals surface area contributed by atoms with Crippen molar-refractivity contribution >= 4 is 27.4 Å². The maximum Gasteiger partial charge on any atom is 0.236 e. The molecule has 29 heavy (non-hydrogen) atoms. The molecule has 0 saturated carbocycles. The van der Waals surface area contributed by atoms with E-state index in [-0.39, 0.29) is 6.10 Å². The molecule has 2 aliphatic heterocycles. The Morgan fingerprint density at radius 3 is 2.38 bits per heavy atom. The van der Waals surface area contributed by atoms with Gasteiger partial charge in [-0.3, -0.25) is 4.57 Å². The van der Waals surface area contributed by atoms with E-state index in [9.17, 15) is 5.11 Å². The number of benzene rings is 1. The number of fused-ring (bicyclic) bond motifs is 3. The minimum atomic E-state index is -0.193. The fourth-order valence-electron chi connectivity index (χ4n) is 5.01. The molecule has 4 aromatic rings. The van der Waals surface area contributed by atoms with Crippen LogP contribution in [0.1, 0.15) is 25.7 Å². The minimum absolute atomic E-state index is 0.193. The van der Waals surface area contributed by atoms with Gasteiger partial charge < -0.3 is 10.0 Å². The van der Waals surface area contributed by atoms with Crippen LogP contribution in [0.5, 0.6) is 0 Å². The Morgan fingerprint density at radius 1 is 0.931 bits per heavy atom. The van der Waals surface area contributed by atoms with Gasteiger partial charge in [-0.1, -0.05) is 30.3 Å². The zero-order valence-electron chi connectivity index (χ0n) is 16.0. The molecule has 3 aromatic heterocycles. The summed E-state index contributed by atoms with van der Waals surface area (Å²) in [6.45, 7) is 0. The highest BCUT2D eigenvalue weighted by Gasteiger charge is 2.42. The molecule has 1 aromatic carbocycles. The van der Waals surface area contributed by atoms with Crippen molar-refractivity contribution in [3.05, 3.63) is 60.2 Å². The third-order valence-electron chi connectivity index (χ3n) is 6.28. The highest BCUT2D eigenvalue weighted by molar-refractivity contribution is 7.17. The SMILES string of the molecule is OC1CC2CCC(C1)N2c1nc(-n2cccc2)nc2scc(-c3ccccc3)c12. The molecule has 2 saturated heterocycles. The van der Waals surface area contributed by atoms with E-state index in [1.165, 1.54) is 11.1 Å². The number of nitrogens with zero attached hydrogens (tertiary/aromatic N) is 4. The van der Waals surface area contributed by atoms with Crippen molar-refractivity contribution in [2.75, 3.05) is 4.90 Å². The number of anilines is 1. The highest BCUT2D eigenvalue weighted by Crippen LogP contribution is 2.45. The predicted octanol–water partition coefficient (Wildman–Crippen LogP) is 4.64. The van der Waals surface area contributed by atoms with Crippen molar-refractivity contribution in [2.45, 2.75) is 43.9 Å². The van der Waals surface area contributed by atoms with Crippen LogP contribution in [0.4, 0.5) is 5.82 Å². The van der Waals surface area contributed by atoms with Crippen LogP contribution in [0, 0.1) is 0 Å². The molecule has 0 aliphatic carbocycles. The summed E-state index contributed by atoms with van der Waals surface area (Å²) in [6.07, 6.45) is 7.68. The summed E-state index contributed by atoms with van der Waals surface area (Å²) in [5.41, 5.74) is 2.40. The van der Waals surface area contributed by atoms with Gasteiger partial charge in [-0.25, -0.2) is 4.98 Å². The molecule has 0 amide bonds. The van der Waals surface area contributed by atoms with Crippen molar-refractivity contribution in [1.82, 2.24) is 14.5 Å². The molecule has 5 nitrogen and oxygen atoms in total. The van der Waals surface area contributed by atoms with E-state index in [0.717, 1.165) is 41.7 Å². The first-order valence-corrected chi connectivity index (χ1v) is 11.1. The highest BCUT2D eigenvalue weighted by atomic mass is 32.1. The van der Waals surface area contributed by atoms with Crippen molar-refractivity contribution in [2.24, 2.45) is 0 Å². The lowest BCUT2D eigenvalue weighted by atomic mass is 9.98. The molecule has 6 rings (SSSR count). The lowest BCUT2D eigenvalue weighted by Gasteiger charge is -2.38. The molecule has 2 unspecified atom stereocenters. The smallest absolute Gasteiger partial charge is 0.236 e. The van der Waals surface area contributed by atoms with Crippen molar-refractivity contribution in [3.8, 4) is 17.1 Å². The van der Waals surface area contributed by atoms with Crippen LogP contribution in [-0.4, -0.2) is 37.8 Å². The number of thiophene rings is 1. The van der Waals surface area contributed by atoms with E-state index in [4.69, 9.17) is 9.97 Å². The van der Waals surface area contributed by atoms with Gasteiger partial charge >= 0.3 is 0 Å². The average Bonchev–Trinajstić information content (AvgIpc) is 3.46. The number of piperidine rings is 1. The third kappa shape index (κ3) is 2.78. The Morgan fingerprint density at radius 2 is 1.66 bits per heavy atom. The van der Waals surface area contributed by atoms with Gasteiger partial charge in [0.2, 0.25) is 5.95 Å². The summed E-state index contributed by atoms with van der Waals surface area (Å²) >= 11 is 1.68. The second kappa shape index (κ2) is 6.68. The number of rotatable bonds is 3. The molecular weight excluding hydrogens is 380 g/mol. The molecular formula is C23H22N4OS. The summed E-state index contributed by atoms with van der Waals surface area (Å²) in [7, 11) is 0. The number of aromatic nitrogens is 3. The van der Waals surface area contributed by atoms with E-state index in [1.54, 1.807) is 11.3 Å². The minimum Gasteiger partial charge on any atom is -0.393 e. The van der Waals surface area contributed by atoms with Crippen LogP contribution in [0.15, 0.2) is 60.2 Å². The van der Waals surface area contributed by atoms with Crippen molar-refractivity contribution < 1.29 is 5.11 Å². The molecule has 0 spiro atoms. The molecule has 6 heteroatoms. The maximum atomic E-state index is 10.3. The molecule has 1 N–H and O–H groups in total. The predicted molar refractivity (Wildman–Crippen MR) is 117 cm³/mol. The molecule has 2 fully saturated rings. The van der Waals surface area contributed by atoms with Gasteiger partial charge in [-0.2, -0.15) is 4.98 Å². The van der Waals surface area contributed by atoms with Crippen LogP contribution in [0.2, 0.25) is 0 Å². The first-order chi connectivity index (χ1) is 14.3. The quantitative estimate of drug-likeness (QED) is 0.542. The number of aliphatic hydroxyl groups is 1. The van der Waals surface area contributed by atoms with E-state index >= 15 is 0 Å². The fourth-order valence-corrected chi connectivity index (χ4v) is 5.94. The Hall–Kier alpha value is -2.70. The molecule has 146 valence electrons. The van der Waals surface area contributed by atoms with Crippen molar-refractivity contribution in [3.63, 3.8) is 0 Å². The summed E-state index contributed by atoms with van der Waals surface area (Å²) < 4.78 is 1.98. The number of aliphatic hydroxyl groups excluding tert-OH is 1. The molecule has 5 heterocycles. The second-order valence-electron chi connectivity index (χ2n) is 8.05. The number of hydrogen-bond acceptors (Lipinski definition) is 5. The third-order valence-corrected chi connectivity index (χ3v) is 7.15. The monoisotopic (exact) mass is 402 g/mol. The van der Waals surface area contributed by atoms with Crippen LogP contribution in [0.25, 0.3) is 27.3 Å². The standard InChI is InChI=1S/C23H22N4OS/c28-18-12-16-8-9-17(13-18)27(16)21-20-19(15-6-2-1-3-7-15)14-29-22(20)25-23(24-21)26-10-4-5-11-26/h1-7,10-11,14,16-18,28H,8-9,12-13H2. The number of hydrogen-bond donors (Lipinski definition) is 1. The Labute approximate surface area is 173 Å². The van der Waals surface area contributed by atoms with Crippen LogP contribution >= 0.6 is 11.3 Å². The van der Waals surface area contributed by atoms with Gasteiger partial charge in [0.05, 0.1) is 11.5 Å². The zero-order chi connectivity index (χ0) is 19.4. The Bertz CT molecular complexity index is 1140. The largest absolute Gasteiger partial charge is 0.393 e. The lowest BCUT2D eigenvalue weighted by Crippen LogP contribution is -2.45. The molecule has 2 atom stereocenters. The Balaban J connectivity index is 1.59. The average molecular weight is 403 g/mol. The lowest BCUT2D eigenvalue weighted by molar-refractivity contribution is 0.126. The van der Waals surface area contributed by atoms with E-state index in [2.05, 4.69) is 34.5 Å². The van der Waals surface area contributed by atoms with Gasteiger partial charge in [0.1, 0.15) is 10.6 Å². The van der Waals surface area contributed by atoms with E-state index < -0.39 is 0 Å². The fraction of sp³-hybridized carbons (Fsp3) is 0.304. The molecule has 2 aliphatic rings. The van der Waals surface area contributed by atoms with Gasteiger partial charge in [0.25, 0.3) is 0 Å². The molecule has 0 radical (unpaired) electrons. The maximum absolute atomic E-state index is 10.3. The van der Waals surface area contributed by atoms with E-state index in [1.807, 2.05) is 35.2 Å². The van der Waals surface area contributed by atoms with Crippen LogP contribution in [0.3, 0.4) is 0 Å².